The molecule has 1 aromatic rings. The second-order valence-electron chi connectivity index (χ2n) is 3.90. The Bertz CT molecular complexity index is 273. The van der Waals surface area contributed by atoms with Gasteiger partial charge in [-0.15, -0.1) is 0 Å². The van der Waals surface area contributed by atoms with Crippen LogP contribution < -0.4 is 5.19 Å². The molecule has 0 saturated carbocycles. The fourth-order valence-corrected chi connectivity index (χ4v) is 2.72. The van der Waals surface area contributed by atoms with Crippen molar-refractivity contribution in [2.24, 2.45) is 0 Å². The highest BCUT2D eigenvalue weighted by atomic mass is 28.2. The topological polar surface area (TPSA) is 20.2 Å². The molecule has 0 aromatic heterocycles. The Morgan fingerprint density at radius 2 is 2.07 bits per heavy atom. The highest BCUT2D eigenvalue weighted by Crippen LogP contribution is 2.19. The Kier molecular flexibility index (Phi) is 4.91. The van der Waals surface area contributed by atoms with E-state index in [9.17, 15) is 4.80 Å². The smallest absolute Gasteiger partial charge is 0.188 e. The zero-order valence-corrected chi connectivity index (χ0v) is 10.6. The summed E-state index contributed by atoms with van der Waals surface area (Å²) in [6.45, 7) is 4.48. The molecule has 1 rings (SSSR count). The first-order valence-electron chi connectivity index (χ1n) is 5.48. The molecule has 0 heterocycles. The first-order valence-corrected chi connectivity index (χ1v) is 6.82. The van der Waals surface area contributed by atoms with Crippen molar-refractivity contribution in [1.82, 2.24) is 0 Å². The van der Waals surface area contributed by atoms with E-state index in [2.05, 4.69) is 32.0 Å². The summed E-state index contributed by atoms with van der Waals surface area (Å²) in [5.41, 5.74) is 1.37. The normalized spacial score (nSPS) is 13.6. The average Bonchev–Trinajstić information content (AvgIpc) is 2.25. The van der Waals surface area contributed by atoms with Gasteiger partial charge in [-0.1, -0.05) is 51.0 Å². The van der Waals surface area contributed by atoms with Crippen molar-refractivity contribution in [3.63, 3.8) is 0 Å². The quantitative estimate of drug-likeness (QED) is 0.730. The zero-order valence-electron chi connectivity index (χ0n) is 9.16. The van der Waals surface area contributed by atoms with Gasteiger partial charge in [0.05, 0.1) is 0 Å². The Balaban J connectivity index is 2.72. The van der Waals surface area contributed by atoms with E-state index in [1.54, 1.807) is 0 Å². The third kappa shape index (κ3) is 2.96. The molecule has 0 saturated heterocycles. The van der Waals surface area contributed by atoms with Crippen LogP contribution >= 0.6 is 0 Å². The van der Waals surface area contributed by atoms with E-state index in [-0.39, 0.29) is 0 Å². The van der Waals surface area contributed by atoms with Crippen LogP contribution in [0, 0.1) is 0 Å². The largest absolute Gasteiger partial charge is 0.433 e. The summed E-state index contributed by atoms with van der Waals surface area (Å²) in [7, 11) is -1.00. The third-order valence-electron chi connectivity index (χ3n) is 2.75. The minimum Gasteiger partial charge on any atom is -0.433 e. The molecule has 0 radical (unpaired) electrons. The number of unbranched alkanes of at least 4 members (excludes halogenated alkanes) is 1. The van der Waals surface area contributed by atoms with Crippen molar-refractivity contribution in [3.8, 4) is 0 Å². The lowest BCUT2D eigenvalue weighted by atomic mass is 9.95. The Morgan fingerprint density at radius 1 is 1.36 bits per heavy atom. The lowest BCUT2D eigenvalue weighted by molar-refractivity contribution is 0.608. The van der Waals surface area contributed by atoms with E-state index in [0.717, 1.165) is 0 Å². The van der Waals surface area contributed by atoms with Gasteiger partial charge >= 0.3 is 0 Å². The van der Waals surface area contributed by atoms with Gasteiger partial charge in [0.1, 0.15) is 0 Å². The molecule has 0 aliphatic heterocycles. The molecule has 1 unspecified atom stereocenters. The van der Waals surface area contributed by atoms with Crippen molar-refractivity contribution in [3.05, 3.63) is 29.8 Å². The molecule has 0 fully saturated rings. The van der Waals surface area contributed by atoms with Crippen molar-refractivity contribution in [2.75, 3.05) is 0 Å². The summed E-state index contributed by atoms with van der Waals surface area (Å²) in [6.07, 6.45) is 3.77. The summed E-state index contributed by atoms with van der Waals surface area (Å²) in [6, 6.07) is 8.34. The highest BCUT2D eigenvalue weighted by molar-refractivity contribution is 6.46. The van der Waals surface area contributed by atoms with E-state index in [1.165, 1.54) is 30.0 Å². The van der Waals surface area contributed by atoms with Crippen LogP contribution in [0.4, 0.5) is 0 Å². The maximum absolute atomic E-state index is 9.33. The number of hydrogen-bond donors (Lipinski definition) is 1. The molecule has 1 atom stereocenters. The van der Waals surface area contributed by atoms with E-state index in [0.29, 0.717) is 5.92 Å². The molecule has 78 valence electrons. The molecule has 0 aliphatic carbocycles. The standard InChI is InChI=1S/C12H20OSi/c1-3-4-7-10(2)11-8-5-6-9-12(11)14-13/h5-6,8-10,13H,3-4,7,14H2,1-2H3. The van der Waals surface area contributed by atoms with Crippen LogP contribution in [0.15, 0.2) is 24.3 Å². The molecule has 0 bridgehead atoms. The van der Waals surface area contributed by atoms with E-state index < -0.39 is 9.76 Å². The zero-order chi connectivity index (χ0) is 10.4. The lowest BCUT2D eigenvalue weighted by Crippen LogP contribution is -2.20. The van der Waals surface area contributed by atoms with Gasteiger partial charge in [-0.05, 0) is 23.1 Å². The highest BCUT2D eigenvalue weighted by Gasteiger charge is 2.08. The lowest BCUT2D eigenvalue weighted by Gasteiger charge is -2.14. The Morgan fingerprint density at radius 3 is 2.71 bits per heavy atom. The molecule has 2 heteroatoms. The fourth-order valence-electron chi connectivity index (χ4n) is 1.82. The molecular formula is C12H20OSi. The van der Waals surface area contributed by atoms with Crippen LogP contribution in [-0.4, -0.2) is 14.6 Å². The predicted molar refractivity (Wildman–Crippen MR) is 64.8 cm³/mol. The SMILES string of the molecule is CCCCC(C)c1ccccc1[SiH2]O. The number of rotatable bonds is 5. The van der Waals surface area contributed by atoms with Crippen molar-refractivity contribution < 1.29 is 4.80 Å². The summed E-state index contributed by atoms with van der Waals surface area (Å²) < 4.78 is 0. The van der Waals surface area contributed by atoms with Crippen molar-refractivity contribution >= 4 is 14.9 Å². The van der Waals surface area contributed by atoms with Gasteiger partial charge in [-0.25, -0.2) is 0 Å². The van der Waals surface area contributed by atoms with Crippen LogP contribution in [0.2, 0.25) is 0 Å². The van der Waals surface area contributed by atoms with E-state index in [1.807, 2.05) is 6.07 Å². The molecule has 1 N–H and O–H groups in total. The first kappa shape index (κ1) is 11.5. The third-order valence-corrected chi connectivity index (χ3v) is 3.73. The maximum atomic E-state index is 9.33. The number of benzene rings is 1. The molecule has 0 aliphatic rings. The van der Waals surface area contributed by atoms with Gasteiger partial charge in [0.2, 0.25) is 0 Å². The van der Waals surface area contributed by atoms with E-state index >= 15 is 0 Å². The fraction of sp³-hybridized carbons (Fsp3) is 0.500. The monoisotopic (exact) mass is 208 g/mol. The number of hydrogen-bond acceptors (Lipinski definition) is 1. The van der Waals surface area contributed by atoms with Crippen LogP contribution in [-0.2, 0) is 0 Å². The van der Waals surface area contributed by atoms with Gasteiger partial charge in [0, 0.05) is 0 Å². The van der Waals surface area contributed by atoms with Crippen LogP contribution in [0.25, 0.3) is 0 Å². The summed E-state index contributed by atoms with van der Waals surface area (Å²) in [5, 5.41) is 1.22. The molecule has 0 amide bonds. The van der Waals surface area contributed by atoms with Crippen LogP contribution in [0.5, 0.6) is 0 Å². The molecule has 1 nitrogen and oxygen atoms in total. The van der Waals surface area contributed by atoms with Crippen LogP contribution in [0.3, 0.4) is 0 Å². The maximum Gasteiger partial charge on any atom is 0.188 e. The van der Waals surface area contributed by atoms with Crippen molar-refractivity contribution in [2.45, 2.75) is 39.0 Å². The van der Waals surface area contributed by atoms with Gasteiger partial charge in [0.15, 0.2) is 9.76 Å². The molecular weight excluding hydrogens is 188 g/mol. The van der Waals surface area contributed by atoms with Gasteiger partial charge < -0.3 is 4.80 Å². The van der Waals surface area contributed by atoms with Gasteiger partial charge in [0.25, 0.3) is 0 Å². The van der Waals surface area contributed by atoms with Gasteiger partial charge in [-0.3, -0.25) is 0 Å². The molecule has 1 aromatic carbocycles. The minimum absolute atomic E-state index is 0.603. The Labute approximate surface area is 89.1 Å². The molecule has 14 heavy (non-hydrogen) atoms. The summed E-state index contributed by atoms with van der Waals surface area (Å²) in [5.74, 6) is 0.603. The predicted octanol–water partition coefficient (Wildman–Crippen LogP) is 1.68. The van der Waals surface area contributed by atoms with E-state index in [4.69, 9.17) is 0 Å². The average molecular weight is 208 g/mol. The second-order valence-corrected chi connectivity index (χ2v) is 4.98. The van der Waals surface area contributed by atoms with Crippen LogP contribution in [0.1, 0.15) is 44.6 Å². The summed E-state index contributed by atoms with van der Waals surface area (Å²) >= 11 is 0. The molecule has 0 spiro atoms. The minimum atomic E-state index is -1.00. The first-order chi connectivity index (χ1) is 6.79. The van der Waals surface area contributed by atoms with Gasteiger partial charge in [-0.2, -0.15) is 0 Å². The Hall–Kier alpha value is -0.603. The van der Waals surface area contributed by atoms with Crippen molar-refractivity contribution in [1.29, 1.82) is 0 Å². The summed E-state index contributed by atoms with van der Waals surface area (Å²) in [4.78, 5) is 9.33. The second kappa shape index (κ2) is 5.99.